The molecule has 1 aliphatic rings. The Kier molecular flexibility index (Phi) is 4.85. The van der Waals surface area contributed by atoms with Gasteiger partial charge in [0.1, 0.15) is 5.75 Å². The van der Waals surface area contributed by atoms with E-state index in [1.807, 2.05) is 0 Å². The van der Waals surface area contributed by atoms with Crippen LogP contribution < -0.4 is 24.7 Å². The van der Waals surface area contributed by atoms with Gasteiger partial charge in [-0.3, -0.25) is 4.79 Å². The molecule has 6 nitrogen and oxygen atoms in total. The summed E-state index contributed by atoms with van der Waals surface area (Å²) >= 11 is 3.33. The highest BCUT2D eigenvalue weighted by molar-refractivity contribution is 9.12. The predicted octanol–water partition coefficient (Wildman–Crippen LogP) is 3.63. The minimum atomic E-state index is -0.214. The Morgan fingerprint density at radius 3 is 2.68 bits per heavy atom. The van der Waals surface area contributed by atoms with Crippen LogP contribution in [0.25, 0.3) is 6.08 Å². The molecule has 0 bridgehead atoms. The highest BCUT2D eigenvalue weighted by Crippen LogP contribution is 2.44. The molecule has 0 aromatic heterocycles. The Morgan fingerprint density at radius 1 is 1.20 bits per heavy atom. The van der Waals surface area contributed by atoms with Gasteiger partial charge in [0.2, 0.25) is 12.5 Å². The number of ketones is 1. The van der Waals surface area contributed by atoms with Crippen molar-refractivity contribution in [2.75, 3.05) is 26.7 Å². The Morgan fingerprint density at radius 2 is 2.00 bits per heavy atom. The van der Waals surface area contributed by atoms with E-state index >= 15 is 0 Å². The van der Waals surface area contributed by atoms with Crippen LogP contribution in [0.15, 0.2) is 34.8 Å². The lowest BCUT2D eigenvalue weighted by atomic mass is 10.1. The normalized spacial score (nSPS) is 12.8. The maximum atomic E-state index is 12.6. The van der Waals surface area contributed by atoms with Crippen molar-refractivity contribution in [2.45, 2.75) is 0 Å². The summed E-state index contributed by atoms with van der Waals surface area (Å²) < 4.78 is 21.6. The van der Waals surface area contributed by atoms with Crippen LogP contribution in [-0.4, -0.2) is 26.8 Å². The highest BCUT2D eigenvalue weighted by Gasteiger charge is 2.22. The number of ether oxygens (including phenoxy) is 4. The fraction of sp³-hybridized carbons (Fsp3) is 0.167. The molecule has 25 heavy (non-hydrogen) atoms. The van der Waals surface area contributed by atoms with Gasteiger partial charge in [0.15, 0.2) is 17.3 Å². The number of carbonyl (C=O) groups excluding carboxylic acids is 1. The zero-order valence-corrected chi connectivity index (χ0v) is 15.3. The van der Waals surface area contributed by atoms with Crippen molar-refractivity contribution in [1.82, 2.24) is 0 Å². The van der Waals surface area contributed by atoms with Crippen LogP contribution in [0.2, 0.25) is 0 Å². The van der Waals surface area contributed by atoms with Gasteiger partial charge in [0, 0.05) is 11.1 Å². The molecule has 1 heterocycles. The van der Waals surface area contributed by atoms with Gasteiger partial charge in [0.05, 0.1) is 24.4 Å². The topological polar surface area (TPSA) is 80.0 Å². The van der Waals surface area contributed by atoms with Crippen LogP contribution in [-0.2, 0) is 0 Å². The van der Waals surface area contributed by atoms with Crippen LogP contribution >= 0.6 is 15.9 Å². The number of fused-ring (bicyclic) bond motifs is 1. The second kappa shape index (κ2) is 7.06. The molecule has 130 valence electrons. The van der Waals surface area contributed by atoms with E-state index < -0.39 is 0 Å². The van der Waals surface area contributed by atoms with E-state index in [-0.39, 0.29) is 12.6 Å². The van der Waals surface area contributed by atoms with Crippen LogP contribution in [0.5, 0.6) is 23.0 Å². The number of allylic oxidation sites excluding steroid dienone is 1. The summed E-state index contributed by atoms with van der Waals surface area (Å²) in [4.78, 5) is 12.6. The Labute approximate surface area is 153 Å². The molecule has 0 radical (unpaired) electrons. The molecular weight excluding hydrogens is 390 g/mol. The molecule has 2 aromatic rings. The molecule has 2 aromatic carbocycles. The first-order valence-electron chi connectivity index (χ1n) is 7.37. The molecule has 0 saturated carbocycles. The van der Waals surface area contributed by atoms with Gasteiger partial charge in [0.25, 0.3) is 0 Å². The summed E-state index contributed by atoms with van der Waals surface area (Å²) in [6, 6.07) is 8.46. The highest BCUT2D eigenvalue weighted by atomic mass is 79.9. The number of benzene rings is 2. The average Bonchev–Trinajstić information content (AvgIpc) is 3.09. The second-order valence-electron chi connectivity index (χ2n) is 5.20. The van der Waals surface area contributed by atoms with E-state index in [1.165, 1.54) is 14.2 Å². The molecule has 0 aliphatic carbocycles. The standard InChI is InChI=1S/C18H16BrNO5/c1-22-14-5-3-10(8-13(14)20)16(21)12(19)7-11-4-6-15-18(17(11)23-2)25-9-24-15/h3-8H,9,20H2,1-2H3. The zero-order chi connectivity index (χ0) is 18.0. The number of carbonyl (C=O) groups is 1. The fourth-order valence-corrected chi connectivity index (χ4v) is 2.98. The monoisotopic (exact) mass is 405 g/mol. The fourth-order valence-electron chi connectivity index (χ4n) is 2.50. The maximum absolute atomic E-state index is 12.6. The summed E-state index contributed by atoms with van der Waals surface area (Å²) in [5.74, 6) is 1.95. The van der Waals surface area contributed by atoms with Gasteiger partial charge in [-0.1, -0.05) is 0 Å². The number of Topliss-reactive ketones (excluding diaryl/α,β-unsaturated/α-hetero) is 1. The summed E-state index contributed by atoms with van der Waals surface area (Å²) in [6.45, 7) is 0.143. The van der Waals surface area contributed by atoms with E-state index in [0.29, 0.717) is 44.3 Å². The molecule has 1 aliphatic heterocycles. The number of methoxy groups -OCH3 is 2. The largest absolute Gasteiger partial charge is 0.495 e. The Bertz CT molecular complexity index is 863. The predicted molar refractivity (Wildman–Crippen MR) is 97.8 cm³/mol. The number of rotatable bonds is 5. The summed E-state index contributed by atoms with van der Waals surface area (Å²) in [6.07, 6.45) is 1.67. The number of nitrogen functional groups attached to an aromatic ring is 1. The van der Waals surface area contributed by atoms with E-state index in [2.05, 4.69) is 15.9 Å². The first kappa shape index (κ1) is 17.2. The molecule has 7 heteroatoms. The Balaban J connectivity index is 1.94. The third-order valence-electron chi connectivity index (χ3n) is 3.72. The molecule has 0 unspecified atom stereocenters. The first-order valence-corrected chi connectivity index (χ1v) is 8.16. The number of halogens is 1. The summed E-state index contributed by atoms with van der Waals surface area (Å²) in [5.41, 5.74) is 7.40. The number of anilines is 1. The van der Waals surface area contributed by atoms with Gasteiger partial charge in [-0.25, -0.2) is 0 Å². The molecule has 3 rings (SSSR count). The lowest BCUT2D eigenvalue weighted by Gasteiger charge is -2.09. The van der Waals surface area contributed by atoms with Crippen molar-refractivity contribution in [3.05, 3.63) is 45.9 Å². The number of hydrogen-bond donors (Lipinski definition) is 1. The minimum Gasteiger partial charge on any atom is -0.495 e. The van der Waals surface area contributed by atoms with Crippen molar-refractivity contribution in [1.29, 1.82) is 0 Å². The maximum Gasteiger partial charge on any atom is 0.231 e. The van der Waals surface area contributed by atoms with E-state index in [1.54, 1.807) is 36.4 Å². The lowest BCUT2D eigenvalue weighted by Crippen LogP contribution is -2.01. The van der Waals surface area contributed by atoms with Crippen molar-refractivity contribution < 1.29 is 23.7 Å². The van der Waals surface area contributed by atoms with E-state index in [4.69, 9.17) is 24.7 Å². The molecule has 2 N–H and O–H groups in total. The summed E-state index contributed by atoms with van der Waals surface area (Å²) in [7, 11) is 3.06. The van der Waals surface area contributed by atoms with Gasteiger partial charge in [-0.2, -0.15) is 0 Å². The van der Waals surface area contributed by atoms with Crippen LogP contribution in [0.4, 0.5) is 5.69 Å². The van der Waals surface area contributed by atoms with Gasteiger partial charge in [-0.15, -0.1) is 0 Å². The Hall–Kier alpha value is -2.67. The number of nitrogens with two attached hydrogens (primary N) is 1. The molecular formula is C18H16BrNO5. The van der Waals surface area contributed by atoms with Crippen LogP contribution in [0, 0.1) is 0 Å². The second-order valence-corrected chi connectivity index (χ2v) is 6.05. The van der Waals surface area contributed by atoms with Crippen LogP contribution in [0.1, 0.15) is 15.9 Å². The van der Waals surface area contributed by atoms with Crippen molar-refractivity contribution in [2.24, 2.45) is 0 Å². The lowest BCUT2D eigenvalue weighted by molar-refractivity contribution is 0.104. The zero-order valence-electron chi connectivity index (χ0n) is 13.7. The third kappa shape index (κ3) is 3.28. The van der Waals surface area contributed by atoms with E-state index in [9.17, 15) is 4.79 Å². The summed E-state index contributed by atoms with van der Waals surface area (Å²) in [5, 5.41) is 0. The third-order valence-corrected chi connectivity index (χ3v) is 4.31. The molecule has 0 amide bonds. The average molecular weight is 406 g/mol. The molecule has 0 fully saturated rings. The SMILES string of the molecule is COc1ccc(C(=O)C(Br)=Cc2ccc3c(c2OC)OCO3)cc1N. The van der Waals surface area contributed by atoms with Crippen LogP contribution in [0.3, 0.4) is 0 Å². The first-order chi connectivity index (χ1) is 12.0. The van der Waals surface area contributed by atoms with Crippen molar-refractivity contribution >= 4 is 33.5 Å². The molecule has 0 atom stereocenters. The molecule has 0 spiro atoms. The number of hydrogen-bond acceptors (Lipinski definition) is 6. The van der Waals surface area contributed by atoms with Gasteiger partial charge < -0.3 is 24.7 Å². The van der Waals surface area contributed by atoms with Crippen molar-refractivity contribution in [3.8, 4) is 23.0 Å². The van der Waals surface area contributed by atoms with Gasteiger partial charge >= 0.3 is 0 Å². The molecule has 0 saturated heterocycles. The van der Waals surface area contributed by atoms with E-state index in [0.717, 1.165) is 0 Å². The van der Waals surface area contributed by atoms with Crippen molar-refractivity contribution in [3.63, 3.8) is 0 Å². The van der Waals surface area contributed by atoms with Gasteiger partial charge in [-0.05, 0) is 52.3 Å². The smallest absolute Gasteiger partial charge is 0.231 e. The quantitative estimate of drug-likeness (QED) is 0.464. The minimum absolute atomic E-state index is 0.143.